The molecule has 0 amide bonds. The van der Waals surface area contributed by atoms with E-state index in [1.54, 1.807) is 6.07 Å². The summed E-state index contributed by atoms with van der Waals surface area (Å²) in [5.74, 6) is -0.265. The number of rotatable bonds is 1. The summed E-state index contributed by atoms with van der Waals surface area (Å²) in [7, 11) is 0. The number of β-amino-alcohol motifs (C(OH)–C–C–N with tert-alkyl or cyclic N) is 1. The third kappa shape index (κ3) is 1.96. The number of ether oxygens (including phenoxy) is 1. The van der Waals surface area contributed by atoms with E-state index in [0.29, 0.717) is 18.8 Å². The van der Waals surface area contributed by atoms with Crippen molar-refractivity contribution in [1.82, 2.24) is 0 Å². The van der Waals surface area contributed by atoms with Crippen LogP contribution in [0.3, 0.4) is 0 Å². The Bertz CT molecular complexity index is 450. The largest absolute Gasteiger partial charge is 0.388 e. The first-order valence-electron chi connectivity index (χ1n) is 5.63. The first-order valence-corrected chi connectivity index (χ1v) is 6.42. The highest BCUT2D eigenvalue weighted by Gasteiger charge is 2.53. The minimum atomic E-state index is -0.528. The molecule has 1 aromatic carbocycles. The fraction of sp³-hybridized carbons (Fsp3) is 0.500. The molecule has 2 heterocycles. The topological polar surface area (TPSA) is 36.0 Å². The van der Waals surface area contributed by atoms with E-state index in [4.69, 9.17) is 4.74 Å². The molecule has 2 saturated heterocycles. The smallest absolute Gasteiger partial charge is 0.147 e. The lowest BCUT2D eigenvalue weighted by Crippen LogP contribution is -2.49. The molecular formula is C12H13BrFNO2. The van der Waals surface area contributed by atoms with Gasteiger partial charge < -0.3 is 14.7 Å². The van der Waals surface area contributed by atoms with Crippen molar-refractivity contribution in [2.45, 2.75) is 18.1 Å². The molecule has 3 rings (SSSR count). The highest BCUT2D eigenvalue weighted by Crippen LogP contribution is 2.39. The van der Waals surface area contributed by atoms with Crippen molar-refractivity contribution < 1.29 is 14.2 Å². The van der Waals surface area contributed by atoms with Gasteiger partial charge in [-0.1, -0.05) is 15.9 Å². The van der Waals surface area contributed by atoms with E-state index in [1.807, 2.05) is 11.0 Å². The van der Waals surface area contributed by atoms with Crippen LogP contribution < -0.4 is 4.90 Å². The molecule has 1 N–H and O–H groups in total. The number of halogens is 2. The summed E-state index contributed by atoms with van der Waals surface area (Å²) in [6.07, 6.45) is 0.225. The van der Waals surface area contributed by atoms with Gasteiger partial charge in [0.25, 0.3) is 0 Å². The Hall–Kier alpha value is -0.650. The van der Waals surface area contributed by atoms with Crippen molar-refractivity contribution in [2.24, 2.45) is 0 Å². The minimum Gasteiger partial charge on any atom is -0.388 e. The van der Waals surface area contributed by atoms with Gasteiger partial charge in [-0.2, -0.15) is 0 Å². The van der Waals surface area contributed by atoms with E-state index < -0.39 is 6.10 Å². The lowest BCUT2D eigenvalue weighted by atomic mass is 9.94. The molecule has 0 aliphatic carbocycles. The molecular weight excluding hydrogens is 289 g/mol. The van der Waals surface area contributed by atoms with Gasteiger partial charge in [0.2, 0.25) is 0 Å². The lowest BCUT2D eigenvalue weighted by Gasteiger charge is -2.36. The average molecular weight is 302 g/mol. The van der Waals surface area contributed by atoms with Gasteiger partial charge in [0, 0.05) is 17.6 Å². The second-order valence-electron chi connectivity index (χ2n) is 4.66. The number of anilines is 1. The minimum absolute atomic E-state index is 0.265. The molecule has 5 heteroatoms. The Kier molecular flexibility index (Phi) is 2.65. The average Bonchev–Trinajstić information content (AvgIpc) is 3.04. The van der Waals surface area contributed by atoms with Crippen molar-refractivity contribution >= 4 is 21.6 Å². The van der Waals surface area contributed by atoms with Crippen LogP contribution in [0.25, 0.3) is 0 Å². The SMILES string of the molecule is O[C@@H]1CN(c2ccc(Br)cc2F)CC[C@@]12CO2. The summed E-state index contributed by atoms with van der Waals surface area (Å²) >= 11 is 3.23. The van der Waals surface area contributed by atoms with E-state index in [1.165, 1.54) is 6.07 Å². The number of hydrogen-bond donors (Lipinski definition) is 1. The zero-order chi connectivity index (χ0) is 12.0. The number of nitrogens with zero attached hydrogens (tertiary/aromatic N) is 1. The summed E-state index contributed by atoms with van der Waals surface area (Å²) < 4.78 is 19.8. The summed E-state index contributed by atoms with van der Waals surface area (Å²) in [5, 5.41) is 9.98. The van der Waals surface area contributed by atoms with Crippen molar-refractivity contribution in [2.75, 3.05) is 24.6 Å². The highest BCUT2D eigenvalue weighted by atomic mass is 79.9. The molecule has 2 atom stereocenters. The molecule has 2 aliphatic rings. The summed E-state index contributed by atoms with van der Waals surface area (Å²) in [6.45, 7) is 1.78. The second-order valence-corrected chi connectivity index (χ2v) is 5.58. The van der Waals surface area contributed by atoms with Crippen LogP contribution >= 0.6 is 15.9 Å². The third-order valence-corrected chi connectivity index (χ3v) is 4.06. The second kappa shape index (κ2) is 3.93. The van der Waals surface area contributed by atoms with Crippen molar-refractivity contribution in [3.05, 3.63) is 28.5 Å². The molecule has 3 nitrogen and oxygen atoms in total. The maximum atomic E-state index is 13.8. The van der Waals surface area contributed by atoms with E-state index in [9.17, 15) is 9.50 Å². The maximum Gasteiger partial charge on any atom is 0.147 e. The molecule has 0 bridgehead atoms. The molecule has 0 unspecified atom stereocenters. The van der Waals surface area contributed by atoms with Crippen molar-refractivity contribution in [1.29, 1.82) is 0 Å². The van der Waals surface area contributed by atoms with Crippen LogP contribution in [0.1, 0.15) is 6.42 Å². The van der Waals surface area contributed by atoms with Gasteiger partial charge in [-0.3, -0.25) is 0 Å². The van der Waals surface area contributed by atoms with Gasteiger partial charge in [-0.05, 0) is 24.6 Å². The molecule has 2 fully saturated rings. The zero-order valence-electron chi connectivity index (χ0n) is 9.20. The number of piperidine rings is 1. The molecule has 0 aromatic heterocycles. The Labute approximate surface area is 107 Å². The first-order chi connectivity index (χ1) is 8.11. The van der Waals surface area contributed by atoms with Crippen LogP contribution in [-0.4, -0.2) is 36.5 Å². The third-order valence-electron chi connectivity index (χ3n) is 3.57. The normalized spacial score (nSPS) is 31.9. The molecule has 0 saturated carbocycles. The van der Waals surface area contributed by atoms with Crippen LogP contribution in [0, 0.1) is 5.82 Å². The molecule has 2 aliphatic heterocycles. The van der Waals surface area contributed by atoms with Crippen LogP contribution in [0.2, 0.25) is 0 Å². The zero-order valence-corrected chi connectivity index (χ0v) is 10.8. The summed E-state index contributed by atoms with van der Waals surface area (Å²) in [4.78, 5) is 1.87. The Morgan fingerprint density at radius 2 is 2.29 bits per heavy atom. The van der Waals surface area contributed by atoms with Gasteiger partial charge >= 0.3 is 0 Å². The summed E-state index contributed by atoms with van der Waals surface area (Å²) in [6, 6.07) is 4.99. The number of aliphatic hydroxyl groups is 1. The van der Waals surface area contributed by atoms with E-state index in [2.05, 4.69) is 15.9 Å². The van der Waals surface area contributed by atoms with E-state index >= 15 is 0 Å². The van der Waals surface area contributed by atoms with Crippen molar-refractivity contribution in [3.63, 3.8) is 0 Å². The lowest BCUT2D eigenvalue weighted by molar-refractivity contribution is 0.0609. The molecule has 17 heavy (non-hydrogen) atoms. The van der Waals surface area contributed by atoms with Gasteiger partial charge in [-0.25, -0.2) is 4.39 Å². The fourth-order valence-electron chi connectivity index (χ4n) is 2.34. The fourth-order valence-corrected chi connectivity index (χ4v) is 2.68. The molecule has 92 valence electrons. The highest BCUT2D eigenvalue weighted by molar-refractivity contribution is 9.10. The van der Waals surface area contributed by atoms with Gasteiger partial charge in [0.1, 0.15) is 17.5 Å². The van der Waals surface area contributed by atoms with Gasteiger partial charge in [0.15, 0.2) is 0 Å². The van der Waals surface area contributed by atoms with Crippen LogP contribution in [0.4, 0.5) is 10.1 Å². The molecule has 1 aromatic rings. The van der Waals surface area contributed by atoms with E-state index in [-0.39, 0.29) is 11.4 Å². The number of hydrogen-bond acceptors (Lipinski definition) is 3. The van der Waals surface area contributed by atoms with Gasteiger partial charge in [0.05, 0.1) is 12.3 Å². The number of benzene rings is 1. The molecule has 1 spiro atoms. The van der Waals surface area contributed by atoms with Crippen LogP contribution in [0.15, 0.2) is 22.7 Å². The number of epoxide rings is 1. The Morgan fingerprint density at radius 3 is 2.88 bits per heavy atom. The molecule has 0 radical (unpaired) electrons. The Morgan fingerprint density at radius 1 is 1.53 bits per heavy atom. The quantitative estimate of drug-likeness (QED) is 0.805. The van der Waals surface area contributed by atoms with E-state index in [0.717, 1.165) is 17.4 Å². The monoisotopic (exact) mass is 301 g/mol. The van der Waals surface area contributed by atoms with Crippen LogP contribution in [0.5, 0.6) is 0 Å². The number of aliphatic hydroxyl groups excluding tert-OH is 1. The first kappa shape index (κ1) is 11.4. The summed E-state index contributed by atoms with van der Waals surface area (Å²) in [5.41, 5.74) is 0.213. The Balaban J connectivity index is 1.81. The van der Waals surface area contributed by atoms with Crippen LogP contribution in [-0.2, 0) is 4.74 Å². The predicted molar refractivity (Wildman–Crippen MR) is 65.6 cm³/mol. The van der Waals surface area contributed by atoms with Crippen molar-refractivity contribution in [3.8, 4) is 0 Å². The maximum absolute atomic E-state index is 13.8. The standard InChI is InChI=1S/C12H13BrFNO2/c13-8-1-2-10(9(14)5-8)15-4-3-12(7-17-12)11(16)6-15/h1-2,5,11,16H,3-4,6-7H2/t11-,12-/m1/s1. The van der Waals surface area contributed by atoms with Gasteiger partial charge in [-0.15, -0.1) is 0 Å². The predicted octanol–water partition coefficient (Wildman–Crippen LogP) is 1.93.